The van der Waals surface area contributed by atoms with Crippen molar-refractivity contribution in [3.63, 3.8) is 0 Å². The topological polar surface area (TPSA) is 29.1 Å². The van der Waals surface area contributed by atoms with E-state index < -0.39 is 0 Å². The fourth-order valence-electron chi connectivity index (χ4n) is 2.10. The number of carbonyl (C=O) groups is 1. The van der Waals surface area contributed by atoms with Gasteiger partial charge in [-0.05, 0) is 17.4 Å². The SMILES string of the molecule is CC(C)C1(c2cccs2)CNC(=O)C1. The minimum atomic E-state index is 0.0469. The lowest BCUT2D eigenvalue weighted by Crippen LogP contribution is -2.33. The van der Waals surface area contributed by atoms with Crippen LogP contribution in [0, 0.1) is 5.92 Å². The standard InChI is InChI=1S/C11H15NOS/c1-8(2)11(6-10(13)12-7-11)9-4-3-5-14-9/h3-5,8H,6-7H2,1-2H3,(H,12,13). The average Bonchev–Trinajstić information content (AvgIpc) is 2.71. The molecule has 2 heterocycles. The first-order chi connectivity index (χ1) is 6.65. The number of hydrogen-bond donors (Lipinski definition) is 1. The third kappa shape index (κ3) is 1.36. The van der Waals surface area contributed by atoms with Crippen LogP contribution in [-0.4, -0.2) is 12.5 Å². The van der Waals surface area contributed by atoms with Gasteiger partial charge in [-0.1, -0.05) is 19.9 Å². The third-order valence-corrected chi connectivity index (χ3v) is 4.28. The Morgan fingerprint density at radius 2 is 2.36 bits per heavy atom. The zero-order valence-electron chi connectivity index (χ0n) is 8.54. The van der Waals surface area contributed by atoms with Gasteiger partial charge < -0.3 is 5.32 Å². The van der Waals surface area contributed by atoms with Crippen molar-refractivity contribution < 1.29 is 4.79 Å². The molecule has 0 bridgehead atoms. The Bertz CT molecular complexity index is 331. The fraction of sp³-hybridized carbons (Fsp3) is 0.545. The maximum Gasteiger partial charge on any atom is 0.221 e. The van der Waals surface area contributed by atoms with Gasteiger partial charge in [-0.2, -0.15) is 0 Å². The molecule has 14 heavy (non-hydrogen) atoms. The van der Waals surface area contributed by atoms with Gasteiger partial charge in [-0.15, -0.1) is 11.3 Å². The summed E-state index contributed by atoms with van der Waals surface area (Å²) in [6, 6.07) is 4.21. The molecule has 1 N–H and O–H groups in total. The molecule has 2 nitrogen and oxygen atoms in total. The summed E-state index contributed by atoms with van der Waals surface area (Å²) in [6.07, 6.45) is 0.644. The lowest BCUT2D eigenvalue weighted by Gasteiger charge is -2.30. The molecule has 2 rings (SSSR count). The number of amides is 1. The smallest absolute Gasteiger partial charge is 0.221 e. The Balaban J connectivity index is 2.37. The predicted molar refractivity (Wildman–Crippen MR) is 58.5 cm³/mol. The third-order valence-electron chi connectivity index (χ3n) is 3.19. The minimum Gasteiger partial charge on any atom is -0.355 e. The Hall–Kier alpha value is -0.830. The van der Waals surface area contributed by atoms with Gasteiger partial charge in [-0.3, -0.25) is 4.79 Å². The molecule has 1 atom stereocenters. The molecule has 3 heteroatoms. The van der Waals surface area contributed by atoms with Gasteiger partial charge in [0, 0.05) is 23.3 Å². The quantitative estimate of drug-likeness (QED) is 0.794. The Morgan fingerprint density at radius 3 is 2.79 bits per heavy atom. The van der Waals surface area contributed by atoms with E-state index in [0.29, 0.717) is 12.3 Å². The van der Waals surface area contributed by atoms with Crippen molar-refractivity contribution >= 4 is 17.2 Å². The molecule has 0 spiro atoms. The second-order valence-electron chi connectivity index (χ2n) is 4.24. The van der Waals surface area contributed by atoms with Crippen LogP contribution in [0.1, 0.15) is 25.1 Å². The first kappa shape index (κ1) is 9.71. The van der Waals surface area contributed by atoms with E-state index in [4.69, 9.17) is 0 Å². The molecule has 1 aliphatic rings. The lowest BCUT2D eigenvalue weighted by molar-refractivity contribution is -0.119. The minimum absolute atomic E-state index is 0.0469. The van der Waals surface area contributed by atoms with E-state index in [1.54, 1.807) is 11.3 Å². The molecular weight excluding hydrogens is 194 g/mol. The Labute approximate surface area is 88.3 Å². The van der Waals surface area contributed by atoms with E-state index in [9.17, 15) is 4.79 Å². The van der Waals surface area contributed by atoms with Gasteiger partial charge in [0.05, 0.1) is 0 Å². The second-order valence-corrected chi connectivity index (χ2v) is 5.19. The van der Waals surface area contributed by atoms with E-state index >= 15 is 0 Å². The van der Waals surface area contributed by atoms with Gasteiger partial charge in [0.1, 0.15) is 0 Å². The summed E-state index contributed by atoms with van der Waals surface area (Å²) < 4.78 is 0. The lowest BCUT2D eigenvalue weighted by atomic mass is 9.75. The largest absolute Gasteiger partial charge is 0.355 e. The molecule has 1 aliphatic heterocycles. The van der Waals surface area contributed by atoms with E-state index in [0.717, 1.165) is 6.54 Å². The summed E-state index contributed by atoms with van der Waals surface area (Å²) in [5.74, 6) is 0.687. The molecule has 1 aromatic rings. The van der Waals surface area contributed by atoms with E-state index in [-0.39, 0.29) is 11.3 Å². The van der Waals surface area contributed by atoms with E-state index in [1.165, 1.54) is 4.88 Å². The zero-order valence-corrected chi connectivity index (χ0v) is 9.36. The van der Waals surface area contributed by atoms with Gasteiger partial charge in [0.15, 0.2) is 0 Å². The highest BCUT2D eigenvalue weighted by Crippen LogP contribution is 2.40. The van der Waals surface area contributed by atoms with Crippen LogP contribution >= 0.6 is 11.3 Å². The molecular formula is C11H15NOS. The van der Waals surface area contributed by atoms with Crippen LogP contribution in [0.25, 0.3) is 0 Å². The summed E-state index contributed by atoms with van der Waals surface area (Å²) in [6.45, 7) is 5.18. The molecule has 0 aromatic carbocycles. The van der Waals surface area contributed by atoms with Crippen LogP contribution in [-0.2, 0) is 10.2 Å². The molecule has 1 unspecified atom stereocenters. The molecule has 1 fully saturated rings. The van der Waals surface area contributed by atoms with Crippen LogP contribution in [0.4, 0.5) is 0 Å². The van der Waals surface area contributed by atoms with E-state index in [2.05, 4.69) is 36.7 Å². The Kier molecular flexibility index (Phi) is 2.35. The van der Waals surface area contributed by atoms with Crippen LogP contribution < -0.4 is 5.32 Å². The van der Waals surface area contributed by atoms with Crippen molar-refractivity contribution in [3.05, 3.63) is 22.4 Å². The summed E-state index contributed by atoms with van der Waals surface area (Å²) in [5, 5.41) is 5.03. The highest BCUT2D eigenvalue weighted by atomic mass is 32.1. The summed E-state index contributed by atoms with van der Waals surface area (Å²) in [5.41, 5.74) is 0.0469. The number of rotatable bonds is 2. The fourth-order valence-corrected chi connectivity index (χ4v) is 3.17. The number of carbonyl (C=O) groups excluding carboxylic acids is 1. The van der Waals surface area contributed by atoms with Crippen molar-refractivity contribution in [2.75, 3.05) is 6.54 Å². The molecule has 1 amide bonds. The Morgan fingerprint density at radius 1 is 1.57 bits per heavy atom. The highest BCUT2D eigenvalue weighted by Gasteiger charge is 2.43. The van der Waals surface area contributed by atoms with Crippen LogP contribution in [0.15, 0.2) is 17.5 Å². The summed E-state index contributed by atoms with van der Waals surface area (Å²) >= 11 is 1.76. The van der Waals surface area contributed by atoms with Gasteiger partial charge >= 0.3 is 0 Å². The number of thiophene rings is 1. The first-order valence-corrected chi connectivity index (χ1v) is 5.84. The van der Waals surface area contributed by atoms with Gasteiger partial charge in [0.25, 0.3) is 0 Å². The molecule has 1 aromatic heterocycles. The molecule has 76 valence electrons. The van der Waals surface area contributed by atoms with Crippen LogP contribution in [0.3, 0.4) is 0 Å². The van der Waals surface area contributed by atoms with Gasteiger partial charge in [-0.25, -0.2) is 0 Å². The molecule has 0 radical (unpaired) electrons. The molecule has 0 saturated carbocycles. The summed E-state index contributed by atoms with van der Waals surface area (Å²) in [7, 11) is 0. The van der Waals surface area contributed by atoms with E-state index in [1.807, 2.05) is 0 Å². The summed E-state index contributed by atoms with van der Waals surface area (Å²) in [4.78, 5) is 12.7. The zero-order chi connectivity index (χ0) is 10.2. The van der Waals surface area contributed by atoms with Crippen molar-refractivity contribution in [2.45, 2.75) is 25.7 Å². The normalized spacial score (nSPS) is 26.9. The first-order valence-electron chi connectivity index (χ1n) is 4.96. The van der Waals surface area contributed by atoms with Crippen molar-refractivity contribution in [2.24, 2.45) is 5.92 Å². The van der Waals surface area contributed by atoms with Crippen LogP contribution in [0.2, 0.25) is 0 Å². The van der Waals surface area contributed by atoms with Crippen LogP contribution in [0.5, 0.6) is 0 Å². The van der Waals surface area contributed by atoms with Crippen molar-refractivity contribution in [1.29, 1.82) is 0 Å². The average molecular weight is 209 g/mol. The number of hydrogen-bond acceptors (Lipinski definition) is 2. The van der Waals surface area contributed by atoms with Gasteiger partial charge in [0.2, 0.25) is 5.91 Å². The predicted octanol–water partition coefficient (Wildman–Crippen LogP) is 2.16. The van der Waals surface area contributed by atoms with Crippen molar-refractivity contribution in [1.82, 2.24) is 5.32 Å². The van der Waals surface area contributed by atoms with Crippen molar-refractivity contribution in [3.8, 4) is 0 Å². The maximum absolute atomic E-state index is 11.4. The monoisotopic (exact) mass is 209 g/mol. The molecule has 1 saturated heterocycles. The molecule has 0 aliphatic carbocycles. The second kappa shape index (κ2) is 3.39. The highest BCUT2D eigenvalue weighted by molar-refractivity contribution is 7.10. The number of nitrogens with one attached hydrogen (secondary N) is 1. The maximum atomic E-state index is 11.4.